The van der Waals surface area contributed by atoms with Crippen LogP contribution in [0.25, 0.3) is 0 Å². The number of nitrogens with one attached hydrogen (secondary N) is 1. The molecule has 0 bridgehead atoms. The van der Waals surface area contributed by atoms with Crippen molar-refractivity contribution in [3.8, 4) is 0 Å². The molecule has 1 saturated heterocycles. The molecule has 0 aliphatic carbocycles. The predicted octanol–water partition coefficient (Wildman–Crippen LogP) is 2.06. The van der Waals surface area contributed by atoms with Gasteiger partial charge in [-0.3, -0.25) is 9.59 Å². The van der Waals surface area contributed by atoms with Gasteiger partial charge in [0.2, 0.25) is 5.95 Å². The van der Waals surface area contributed by atoms with E-state index in [2.05, 4.69) is 15.3 Å². The van der Waals surface area contributed by atoms with E-state index >= 15 is 0 Å². The van der Waals surface area contributed by atoms with Crippen LogP contribution in [-0.4, -0.2) is 55.3 Å². The number of hydrogen-bond donors (Lipinski definition) is 1. The number of carbonyl (C=O) groups excluding carboxylic acids is 2. The van der Waals surface area contributed by atoms with Gasteiger partial charge in [0.25, 0.3) is 5.91 Å². The van der Waals surface area contributed by atoms with Crippen LogP contribution in [0.1, 0.15) is 27.8 Å². The number of amides is 1. The Bertz CT molecular complexity index is 796. The maximum Gasteiger partial charge on any atom is 0.307 e. The van der Waals surface area contributed by atoms with E-state index in [1.54, 1.807) is 0 Å². The molecule has 10 heteroatoms. The zero-order chi connectivity index (χ0) is 19.2. The van der Waals surface area contributed by atoms with E-state index in [0.717, 1.165) is 4.88 Å². The van der Waals surface area contributed by atoms with Crippen LogP contribution in [0, 0.1) is 0 Å². The van der Waals surface area contributed by atoms with Gasteiger partial charge in [0, 0.05) is 18.0 Å². The van der Waals surface area contributed by atoms with Crippen LogP contribution in [0.5, 0.6) is 0 Å². The first-order chi connectivity index (χ1) is 13.1. The highest BCUT2D eigenvalue weighted by Crippen LogP contribution is 2.24. The van der Waals surface area contributed by atoms with Crippen LogP contribution in [-0.2, 0) is 14.3 Å². The van der Waals surface area contributed by atoms with Crippen LogP contribution in [0.15, 0.2) is 23.7 Å². The summed E-state index contributed by atoms with van der Waals surface area (Å²) in [5.74, 6) is -0.468. The summed E-state index contributed by atoms with van der Waals surface area (Å²) < 4.78 is 10.1. The first kappa shape index (κ1) is 19.5. The predicted molar refractivity (Wildman–Crippen MR) is 101 cm³/mol. The normalized spacial score (nSPS) is 15.3. The average molecular weight is 411 g/mol. The number of aromatic nitrogens is 2. The Balaban J connectivity index is 1.79. The van der Waals surface area contributed by atoms with E-state index in [4.69, 9.17) is 21.1 Å². The molecule has 144 valence electrons. The zero-order valence-electron chi connectivity index (χ0n) is 14.7. The summed E-state index contributed by atoms with van der Waals surface area (Å²) in [6, 6.07) is 3.17. The fraction of sp³-hybridized carbons (Fsp3) is 0.412. The van der Waals surface area contributed by atoms with Crippen molar-refractivity contribution in [3.05, 3.63) is 39.3 Å². The fourth-order valence-corrected chi connectivity index (χ4v) is 3.58. The van der Waals surface area contributed by atoms with Gasteiger partial charge in [0.1, 0.15) is 0 Å². The zero-order valence-corrected chi connectivity index (χ0v) is 16.3. The molecule has 27 heavy (non-hydrogen) atoms. The number of thiophene rings is 1. The molecule has 1 fully saturated rings. The molecule has 3 rings (SSSR count). The Morgan fingerprint density at radius 1 is 1.44 bits per heavy atom. The van der Waals surface area contributed by atoms with Crippen molar-refractivity contribution in [2.75, 3.05) is 38.3 Å². The molecule has 0 aromatic carbocycles. The summed E-state index contributed by atoms with van der Waals surface area (Å²) in [4.78, 5) is 35.8. The molecular weight excluding hydrogens is 392 g/mol. The SMILES string of the molecule is COC(=O)C[C@@H](NC(=O)c1nc(N2CCOCC2)ncc1Cl)c1cccs1. The number of anilines is 1. The van der Waals surface area contributed by atoms with Crippen molar-refractivity contribution < 1.29 is 19.1 Å². The van der Waals surface area contributed by atoms with E-state index in [0.29, 0.717) is 32.3 Å². The number of ether oxygens (including phenoxy) is 2. The minimum atomic E-state index is -0.525. The lowest BCUT2D eigenvalue weighted by atomic mass is 10.1. The Kier molecular flexibility index (Phi) is 6.59. The Morgan fingerprint density at radius 2 is 2.22 bits per heavy atom. The first-order valence-corrected chi connectivity index (χ1v) is 9.60. The van der Waals surface area contributed by atoms with Crippen molar-refractivity contribution in [1.82, 2.24) is 15.3 Å². The molecular formula is C17H19ClN4O4S. The van der Waals surface area contributed by atoms with Gasteiger partial charge >= 0.3 is 5.97 Å². The molecule has 2 aromatic rings. The van der Waals surface area contributed by atoms with Gasteiger partial charge in [-0.1, -0.05) is 17.7 Å². The van der Waals surface area contributed by atoms with E-state index in [-0.39, 0.29) is 17.1 Å². The number of carbonyl (C=O) groups is 2. The van der Waals surface area contributed by atoms with Gasteiger partial charge in [-0.05, 0) is 11.4 Å². The van der Waals surface area contributed by atoms with Crippen molar-refractivity contribution in [1.29, 1.82) is 0 Å². The van der Waals surface area contributed by atoms with Gasteiger partial charge in [0.15, 0.2) is 5.69 Å². The van der Waals surface area contributed by atoms with E-state index in [9.17, 15) is 9.59 Å². The van der Waals surface area contributed by atoms with Crippen LogP contribution >= 0.6 is 22.9 Å². The Labute approximate surface area is 165 Å². The largest absolute Gasteiger partial charge is 0.469 e. The van der Waals surface area contributed by atoms with E-state index < -0.39 is 17.9 Å². The fourth-order valence-electron chi connectivity index (χ4n) is 2.62. The molecule has 1 aliphatic rings. The molecule has 1 atom stereocenters. The highest BCUT2D eigenvalue weighted by Gasteiger charge is 2.24. The molecule has 1 amide bonds. The summed E-state index contributed by atoms with van der Waals surface area (Å²) in [6.07, 6.45) is 1.43. The highest BCUT2D eigenvalue weighted by atomic mass is 35.5. The first-order valence-electron chi connectivity index (χ1n) is 8.35. The monoisotopic (exact) mass is 410 g/mol. The number of halogens is 1. The Morgan fingerprint density at radius 3 is 2.89 bits per heavy atom. The second-order valence-electron chi connectivity index (χ2n) is 5.79. The molecule has 1 N–H and O–H groups in total. The standard InChI is InChI=1S/C17H19ClN4O4S/c1-25-14(23)9-12(13-3-2-8-27-13)20-16(24)15-11(18)10-19-17(21-15)22-4-6-26-7-5-22/h2-3,8,10,12H,4-7,9H2,1H3,(H,20,24)/t12-/m1/s1. The molecule has 0 spiro atoms. The minimum Gasteiger partial charge on any atom is -0.469 e. The van der Waals surface area contributed by atoms with Crippen molar-refractivity contribution in [2.24, 2.45) is 0 Å². The number of nitrogens with zero attached hydrogens (tertiary/aromatic N) is 3. The number of methoxy groups -OCH3 is 1. The number of esters is 1. The lowest BCUT2D eigenvalue weighted by molar-refractivity contribution is -0.141. The van der Waals surface area contributed by atoms with Gasteiger partial charge in [0.05, 0.1) is 44.0 Å². The maximum atomic E-state index is 12.8. The summed E-state index contributed by atoms with van der Waals surface area (Å²) in [6.45, 7) is 2.44. The molecule has 0 unspecified atom stereocenters. The molecule has 3 heterocycles. The third-order valence-corrected chi connectivity index (χ3v) is 5.29. The van der Waals surface area contributed by atoms with E-state index in [1.165, 1.54) is 24.6 Å². The van der Waals surface area contributed by atoms with Gasteiger partial charge < -0.3 is 19.7 Å². The van der Waals surface area contributed by atoms with E-state index in [1.807, 2.05) is 22.4 Å². The topological polar surface area (TPSA) is 93.6 Å². The molecule has 1 aliphatic heterocycles. The summed E-state index contributed by atoms with van der Waals surface area (Å²) in [5.41, 5.74) is 0.0691. The lowest BCUT2D eigenvalue weighted by Gasteiger charge is -2.27. The molecule has 0 radical (unpaired) electrons. The second kappa shape index (κ2) is 9.12. The second-order valence-corrected chi connectivity index (χ2v) is 7.17. The van der Waals surface area contributed by atoms with Crippen LogP contribution < -0.4 is 10.2 Å². The number of hydrogen-bond acceptors (Lipinski definition) is 8. The molecule has 0 saturated carbocycles. The smallest absolute Gasteiger partial charge is 0.307 e. The van der Waals surface area contributed by atoms with Crippen molar-refractivity contribution in [3.63, 3.8) is 0 Å². The van der Waals surface area contributed by atoms with Gasteiger partial charge in [-0.15, -0.1) is 11.3 Å². The third-order valence-electron chi connectivity index (χ3n) is 4.03. The quantitative estimate of drug-likeness (QED) is 0.728. The van der Waals surface area contributed by atoms with Gasteiger partial charge in [-0.2, -0.15) is 0 Å². The summed E-state index contributed by atoms with van der Waals surface area (Å²) in [5, 5.41) is 4.85. The summed E-state index contributed by atoms with van der Waals surface area (Å²) >= 11 is 7.59. The number of morpholine rings is 1. The van der Waals surface area contributed by atoms with Gasteiger partial charge in [-0.25, -0.2) is 9.97 Å². The summed E-state index contributed by atoms with van der Waals surface area (Å²) in [7, 11) is 1.31. The molecule has 8 nitrogen and oxygen atoms in total. The lowest BCUT2D eigenvalue weighted by Crippen LogP contribution is -2.38. The number of rotatable bonds is 6. The van der Waals surface area contributed by atoms with Crippen LogP contribution in [0.3, 0.4) is 0 Å². The average Bonchev–Trinajstić information content (AvgIpc) is 3.23. The van der Waals surface area contributed by atoms with Crippen molar-refractivity contribution in [2.45, 2.75) is 12.5 Å². The Hall–Kier alpha value is -2.23. The highest BCUT2D eigenvalue weighted by molar-refractivity contribution is 7.10. The minimum absolute atomic E-state index is 0.0157. The maximum absolute atomic E-state index is 12.8. The molecule has 2 aromatic heterocycles. The third kappa shape index (κ3) is 4.94. The van der Waals surface area contributed by atoms with Crippen molar-refractivity contribution >= 4 is 40.8 Å². The van der Waals surface area contributed by atoms with Crippen LogP contribution in [0.2, 0.25) is 5.02 Å². The van der Waals surface area contributed by atoms with Crippen LogP contribution in [0.4, 0.5) is 5.95 Å².